The molecule has 0 radical (unpaired) electrons. The van der Waals surface area contributed by atoms with E-state index < -0.39 is 43.2 Å². The van der Waals surface area contributed by atoms with E-state index >= 15 is 0 Å². The number of halogens is 4. The zero-order valence-corrected chi connectivity index (χ0v) is 17.5. The van der Waals surface area contributed by atoms with Gasteiger partial charge in [-0.25, -0.2) is 17.6 Å². The van der Waals surface area contributed by atoms with Crippen LogP contribution in [0.3, 0.4) is 0 Å². The zero-order chi connectivity index (χ0) is 22.3. The van der Waals surface area contributed by atoms with E-state index in [4.69, 9.17) is 9.29 Å². The summed E-state index contributed by atoms with van der Waals surface area (Å²) in [4.78, 5) is -2.98. The lowest BCUT2D eigenvalue weighted by Gasteiger charge is -2.10. The summed E-state index contributed by atoms with van der Waals surface area (Å²) in [5, 5.41) is 0. The molecule has 0 aliphatic rings. The van der Waals surface area contributed by atoms with Gasteiger partial charge in [0.1, 0.15) is 5.75 Å². The molecule has 0 saturated heterocycles. The lowest BCUT2D eigenvalue weighted by molar-refractivity contribution is 0.305. The summed E-state index contributed by atoms with van der Waals surface area (Å²) in [7, 11) is -5.44. The molecule has 0 heterocycles. The van der Waals surface area contributed by atoms with Gasteiger partial charge in [0, 0.05) is 0 Å². The van der Waals surface area contributed by atoms with E-state index in [-0.39, 0.29) is 5.75 Å². The molecule has 0 aromatic heterocycles. The molecule has 1 N–H and O–H groups in total. The van der Waals surface area contributed by atoms with Crippen LogP contribution in [-0.4, -0.2) is 25.3 Å². The van der Waals surface area contributed by atoms with Crippen LogP contribution in [0.25, 0.3) is 6.08 Å². The third kappa shape index (κ3) is 6.23. The summed E-state index contributed by atoms with van der Waals surface area (Å²) in [6.07, 6.45) is 4.47. The fourth-order valence-corrected chi connectivity index (χ4v) is 4.18. The van der Waals surface area contributed by atoms with Crippen molar-refractivity contribution >= 4 is 28.0 Å². The van der Waals surface area contributed by atoms with Gasteiger partial charge in [0.05, 0.1) is 11.5 Å². The van der Waals surface area contributed by atoms with Gasteiger partial charge in [0.25, 0.3) is 0 Å². The minimum absolute atomic E-state index is 0.168. The van der Waals surface area contributed by atoms with Crippen molar-refractivity contribution in [3.8, 4) is 5.75 Å². The first kappa shape index (κ1) is 24.2. The average molecular weight is 465 g/mol. The van der Waals surface area contributed by atoms with E-state index in [0.717, 1.165) is 24.2 Å². The Morgan fingerprint density at radius 2 is 1.50 bits per heavy atom. The third-order valence-electron chi connectivity index (χ3n) is 4.11. The van der Waals surface area contributed by atoms with Gasteiger partial charge in [-0.05, 0) is 36.3 Å². The minimum Gasteiger partial charge on any atom is -0.494 e. The van der Waals surface area contributed by atoms with Gasteiger partial charge in [-0.1, -0.05) is 37.6 Å². The van der Waals surface area contributed by atoms with Crippen LogP contribution >= 0.6 is 11.8 Å². The molecule has 2 aromatic carbocycles. The highest BCUT2D eigenvalue weighted by molar-refractivity contribution is 7.99. The lowest BCUT2D eigenvalue weighted by Crippen LogP contribution is -2.11. The molecule has 0 aliphatic carbocycles. The van der Waals surface area contributed by atoms with E-state index in [1.807, 2.05) is 24.3 Å². The summed E-state index contributed by atoms with van der Waals surface area (Å²) >= 11 is 0.540. The Bertz CT molecular complexity index is 964. The van der Waals surface area contributed by atoms with Crippen molar-refractivity contribution in [3.63, 3.8) is 0 Å². The Kier molecular flexibility index (Phi) is 8.75. The van der Waals surface area contributed by atoms with Crippen molar-refractivity contribution in [3.05, 3.63) is 59.7 Å². The Morgan fingerprint density at radius 3 is 2.03 bits per heavy atom. The van der Waals surface area contributed by atoms with Crippen LogP contribution in [0, 0.1) is 23.3 Å². The van der Waals surface area contributed by atoms with E-state index in [9.17, 15) is 26.0 Å². The Morgan fingerprint density at radius 1 is 0.933 bits per heavy atom. The van der Waals surface area contributed by atoms with Crippen molar-refractivity contribution in [2.24, 2.45) is 0 Å². The molecule has 0 bridgehead atoms. The topological polar surface area (TPSA) is 63.6 Å². The van der Waals surface area contributed by atoms with Crippen molar-refractivity contribution in [1.82, 2.24) is 0 Å². The van der Waals surface area contributed by atoms with Crippen LogP contribution in [0.1, 0.15) is 31.2 Å². The molecule has 2 rings (SSSR count). The maximum atomic E-state index is 13.9. The van der Waals surface area contributed by atoms with Gasteiger partial charge in [-0.2, -0.15) is 8.42 Å². The molecule has 4 nitrogen and oxygen atoms in total. The standard InChI is InChI=1S/C20H20F4O4S2/c1-2-13-7-9-14(10-8-13)28-11-5-3-4-6-12-29-19-15(21)17(23)20(30(25,26)27)18(24)16(19)22/h2,7-10H,1,3-6,11-12H2,(H,25,26,27). The summed E-state index contributed by atoms with van der Waals surface area (Å²) in [5.41, 5.74) is 0.986. The predicted octanol–water partition coefficient (Wildman–Crippen LogP) is 5.86. The fraction of sp³-hybridized carbons (Fsp3) is 0.300. The van der Waals surface area contributed by atoms with E-state index in [1.165, 1.54) is 0 Å². The molecule has 2 aromatic rings. The first-order chi connectivity index (χ1) is 14.2. The van der Waals surface area contributed by atoms with Crippen LogP contribution in [0.5, 0.6) is 5.75 Å². The second-order valence-corrected chi connectivity index (χ2v) is 8.74. The number of unbranched alkanes of at least 4 members (excludes halogenated alkanes) is 3. The molecule has 164 valence electrons. The van der Waals surface area contributed by atoms with E-state index in [0.29, 0.717) is 31.2 Å². The summed E-state index contributed by atoms with van der Waals surface area (Å²) in [6.45, 7) is 4.16. The van der Waals surface area contributed by atoms with Crippen LogP contribution in [-0.2, 0) is 10.1 Å². The molecule has 0 aliphatic heterocycles. The maximum absolute atomic E-state index is 13.9. The van der Waals surface area contributed by atoms with Crippen molar-refractivity contribution in [2.75, 3.05) is 12.4 Å². The number of ether oxygens (including phenoxy) is 1. The molecule has 10 heteroatoms. The Labute approximate surface area is 176 Å². The van der Waals surface area contributed by atoms with Crippen molar-refractivity contribution in [1.29, 1.82) is 0 Å². The van der Waals surface area contributed by atoms with Gasteiger partial charge in [-0.15, -0.1) is 11.8 Å². The number of hydrogen-bond donors (Lipinski definition) is 1. The number of hydrogen-bond acceptors (Lipinski definition) is 4. The van der Waals surface area contributed by atoms with Gasteiger partial charge in [0.15, 0.2) is 28.2 Å². The second-order valence-electron chi connectivity index (χ2n) is 6.27. The van der Waals surface area contributed by atoms with Crippen molar-refractivity contribution < 1.29 is 35.3 Å². The van der Waals surface area contributed by atoms with Crippen molar-refractivity contribution in [2.45, 2.75) is 35.5 Å². The van der Waals surface area contributed by atoms with Gasteiger partial charge in [0.2, 0.25) is 0 Å². The third-order valence-corrected chi connectivity index (χ3v) is 6.12. The van der Waals surface area contributed by atoms with Crippen LogP contribution in [0.15, 0.2) is 40.6 Å². The zero-order valence-electron chi connectivity index (χ0n) is 15.8. The fourth-order valence-electron chi connectivity index (χ4n) is 2.57. The Hall–Kier alpha value is -2.04. The predicted molar refractivity (Wildman–Crippen MR) is 107 cm³/mol. The Balaban J connectivity index is 1.77. The molecule has 0 spiro atoms. The average Bonchev–Trinajstić information content (AvgIpc) is 2.70. The van der Waals surface area contributed by atoms with Gasteiger partial charge >= 0.3 is 10.1 Å². The highest BCUT2D eigenvalue weighted by Gasteiger charge is 2.32. The number of rotatable bonds is 11. The van der Waals surface area contributed by atoms with Crippen LogP contribution in [0.2, 0.25) is 0 Å². The van der Waals surface area contributed by atoms with Gasteiger partial charge in [-0.3, -0.25) is 4.55 Å². The smallest absolute Gasteiger partial charge is 0.300 e. The molecule has 0 unspecified atom stereocenters. The normalized spacial score (nSPS) is 11.5. The number of thioether (sulfide) groups is 1. The quantitative estimate of drug-likeness (QED) is 0.148. The summed E-state index contributed by atoms with van der Waals surface area (Å²) in [6, 6.07) is 7.43. The molecule has 30 heavy (non-hydrogen) atoms. The SMILES string of the molecule is C=Cc1ccc(OCCCCCCSc2c(F)c(F)c(S(=O)(=O)O)c(F)c2F)cc1. The summed E-state index contributed by atoms with van der Waals surface area (Å²) < 4.78 is 91.5. The van der Waals surface area contributed by atoms with E-state index in [1.54, 1.807) is 6.08 Å². The lowest BCUT2D eigenvalue weighted by atomic mass is 10.2. The molecule has 0 fully saturated rings. The molecule has 0 amide bonds. The highest BCUT2D eigenvalue weighted by Crippen LogP contribution is 2.34. The largest absolute Gasteiger partial charge is 0.494 e. The second kappa shape index (κ2) is 10.8. The highest BCUT2D eigenvalue weighted by atomic mass is 32.2. The number of benzene rings is 2. The molecule has 0 saturated carbocycles. The van der Waals surface area contributed by atoms with Crippen LogP contribution < -0.4 is 4.74 Å². The van der Waals surface area contributed by atoms with Crippen LogP contribution in [0.4, 0.5) is 17.6 Å². The van der Waals surface area contributed by atoms with E-state index in [2.05, 4.69) is 6.58 Å². The molecule has 0 atom stereocenters. The van der Waals surface area contributed by atoms with Gasteiger partial charge < -0.3 is 4.74 Å². The molecular formula is C20H20F4O4S2. The maximum Gasteiger partial charge on any atom is 0.300 e. The molecular weight excluding hydrogens is 444 g/mol. The minimum atomic E-state index is -5.44. The monoisotopic (exact) mass is 464 g/mol. The first-order valence-corrected chi connectivity index (χ1v) is 11.4. The first-order valence-electron chi connectivity index (χ1n) is 8.98. The summed E-state index contributed by atoms with van der Waals surface area (Å²) in [5.74, 6) is -7.07.